The van der Waals surface area contributed by atoms with Gasteiger partial charge in [0.25, 0.3) is 0 Å². The van der Waals surface area contributed by atoms with Crippen molar-refractivity contribution >= 4 is 0 Å². The van der Waals surface area contributed by atoms with Crippen molar-refractivity contribution in [1.29, 1.82) is 0 Å². The molecule has 144 valence electrons. The summed E-state index contributed by atoms with van der Waals surface area (Å²) in [6.45, 7) is 12.3. The SMILES string of the molecule is C=C(C)C1CCC2C(CN)C(C3(C)CCC(O)CC3CO)CCC12C. The summed E-state index contributed by atoms with van der Waals surface area (Å²) in [4.78, 5) is 0. The van der Waals surface area contributed by atoms with Gasteiger partial charge in [-0.3, -0.25) is 0 Å². The van der Waals surface area contributed by atoms with Crippen LogP contribution < -0.4 is 5.73 Å². The highest BCUT2D eigenvalue weighted by Gasteiger charge is 2.58. The molecule has 3 aliphatic carbocycles. The summed E-state index contributed by atoms with van der Waals surface area (Å²) >= 11 is 0. The fourth-order valence-electron chi connectivity index (χ4n) is 7.41. The van der Waals surface area contributed by atoms with Gasteiger partial charge in [0.05, 0.1) is 6.10 Å². The molecule has 3 rings (SSSR count). The van der Waals surface area contributed by atoms with Crippen LogP contribution in [-0.2, 0) is 0 Å². The summed E-state index contributed by atoms with van der Waals surface area (Å²) in [7, 11) is 0. The number of rotatable bonds is 4. The molecule has 0 radical (unpaired) electrons. The molecule has 3 saturated carbocycles. The zero-order valence-electron chi connectivity index (χ0n) is 16.5. The van der Waals surface area contributed by atoms with Gasteiger partial charge in [-0.05, 0) is 98.8 Å². The van der Waals surface area contributed by atoms with E-state index in [0.29, 0.717) is 29.1 Å². The van der Waals surface area contributed by atoms with Gasteiger partial charge in [-0.1, -0.05) is 26.0 Å². The van der Waals surface area contributed by atoms with E-state index in [1.807, 2.05) is 0 Å². The Bertz CT molecular complexity index is 506. The minimum Gasteiger partial charge on any atom is -0.396 e. The molecule has 25 heavy (non-hydrogen) atoms. The van der Waals surface area contributed by atoms with E-state index >= 15 is 0 Å². The van der Waals surface area contributed by atoms with E-state index in [2.05, 4.69) is 27.4 Å². The smallest absolute Gasteiger partial charge is 0.0544 e. The van der Waals surface area contributed by atoms with Crippen LogP contribution in [0.25, 0.3) is 0 Å². The molecule has 3 heteroatoms. The molecule has 0 bridgehead atoms. The Hall–Kier alpha value is -0.380. The molecule has 4 N–H and O–H groups in total. The molecule has 0 spiro atoms. The van der Waals surface area contributed by atoms with E-state index in [1.165, 1.54) is 31.3 Å². The van der Waals surface area contributed by atoms with Crippen LogP contribution in [0.15, 0.2) is 12.2 Å². The summed E-state index contributed by atoms with van der Waals surface area (Å²) in [5.41, 5.74) is 8.19. The molecule has 8 atom stereocenters. The summed E-state index contributed by atoms with van der Waals surface area (Å²) in [6, 6.07) is 0. The molecule has 0 heterocycles. The zero-order valence-corrected chi connectivity index (χ0v) is 16.5. The molecule has 3 fully saturated rings. The normalized spacial score (nSPS) is 50.5. The number of fused-ring (bicyclic) bond motifs is 1. The van der Waals surface area contributed by atoms with E-state index in [4.69, 9.17) is 5.73 Å². The van der Waals surface area contributed by atoms with Gasteiger partial charge in [0.2, 0.25) is 0 Å². The van der Waals surface area contributed by atoms with Crippen LogP contribution >= 0.6 is 0 Å². The minimum absolute atomic E-state index is 0.112. The monoisotopic (exact) mass is 349 g/mol. The van der Waals surface area contributed by atoms with Crippen LogP contribution in [0.2, 0.25) is 0 Å². The van der Waals surface area contributed by atoms with Gasteiger partial charge >= 0.3 is 0 Å². The van der Waals surface area contributed by atoms with Gasteiger partial charge in [0.1, 0.15) is 0 Å². The predicted molar refractivity (Wildman–Crippen MR) is 103 cm³/mol. The van der Waals surface area contributed by atoms with Crippen LogP contribution in [0.3, 0.4) is 0 Å². The Kier molecular flexibility index (Phi) is 5.41. The average Bonchev–Trinajstić information content (AvgIpc) is 2.93. The summed E-state index contributed by atoms with van der Waals surface area (Å²) in [5.74, 6) is 2.64. The molecule has 0 saturated heterocycles. The molecule has 0 amide bonds. The Morgan fingerprint density at radius 2 is 1.72 bits per heavy atom. The average molecular weight is 350 g/mol. The first kappa shape index (κ1) is 19.4. The van der Waals surface area contributed by atoms with E-state index < -0.39 is 0 Å². The number of hydrogen-bond donors (Lipinski definition) is 3. The van der Waals surface area contributed by atoms with Gasteiger partial charge in [-0.25, -0.2) is 0 Å². The third-order valence-electron chi connectivity index (χ3n) is 8.88. The van der Waals surface area contributed by atoms with Gasteiger partial charge in [0, 0.05) is 6.61 Å². The molecular formula is C22H39NO2. The topological polar surface area (TPSA) is 66.5 Å². The van der Waals surface area contributed by atoms with Crippen molar-refractivity contribution in [3.63, 3.8) is 0 Å². The molecule has 0 aliphatic heterocycles. The quantitative estimate of drug-likeness (QED) is 0.677. The Balaban J connectivity index is 1.88. The number of aliphatic hydroxyl groups is 2. The lowest BCUT2D eigenvalue weighted by molar-refractivity contribution is -0.0996. The lowest BCUT2D eigenvalue weighted by atomic mass is 9.48. The molecule has 0 aromatic carbocycles. The molecular weight excluding hydrogens is 310 g/mol. The highest BCUT2D eigenvalue weighted by atomic mass is 16.3. The fraction of sp³-hybridized carbons (Fsp3) is 0.909. The lowest BCUT2D eigenvalue weighted by Crippen LogP contribution is -2.53. The molecule has 8 unspecified atom stereocenters. The highest BCUT2D eigenvalue weighted by Crippen LogP contribution is 2.64. The third kappa shape index (κ3) is 3.00. The Morgan fingerprint density at radius 3 is 2.32 bits per heavy atom. The van der Waals surface area contributed by atoms with E-state index in [-0.39, 0.29) is 24.0 Å². The molecule has 0 aromatic rings. The maximum absolute atomic E-state index is 10.1. The van der Waals surface area contributed by atoms with E-state index in [9.17, 15) is 10.2 Å². The summed E-state index contributed by atoms with van der Waals surface area (Å²) in [6.07, 6.45) is 7.40. The van der Waals surface area contributed by atoms with Crippen molar-refractivity contribution in [1.82, 2.24) is 0 Å². The number of allylic oxidation sites excluding steroid dienone is 1. The first-order chi connectivity index (χ1) is 11.8. The van der Waals surface area contributed by atoms with Crippen LogP contribution in [-0.4, -0.2) is 29.5 Å². The Morgan fingerprint density at radius 1 is 1.08 bits per heavy atom. The Labute approximate surface area is 154 Å². The summed E-state index contributed by atoms with van der Waals surface area (Å²) < 4.78 is 0. The largest absolute Gasteiger partial charge is 0.396 e. The molecule has 0 aromatic heterocycles. The molecule has 3 aliphatic rings. The van der Waals surface area contributed by atoms with Crippen LogP contribution in [0.5, 0.6) is 0 Å². The van der Waals surface area contributed by atoms with Crippen molar-refractivity contribution in [2.45, 2.75) is 71.8 Å². The maximum atomic E-state index is 10.1. The highest BCUT2D eigenvalue weighted by molar-refractivity contribution is 5.14. The number of hydrogen-bond acceptors (Lipinski definition) is 3. The van der Waals surface area contributed by atoms with Gasteiger partial charge in [-0.15, -0.1) is 0 Å². The van der Waals surface area contributed by atoms with Gasteiger partial charge in [0.15, 0.2) is 0 Å². The van der Waals surface area contributed by atoms with E-state index in [1.54, 1.807) is 0 Å². The second-order valence-corrected chi connectivity index (χ2v) is 9.95. The van der Waals surface area contributed by atoms with Crippen molar-refractivity contribution < 1.29 is 10.2 Å². The number of aliphatic hydroxyl groups excluding tert-OH is 2. The maximum Gasteiger partial charge on any atom is 0.0544 e. The van der Waals surface area contributed by atoms with Crippen LogP contribution in [0.1, 0.15) is 65.7 Å². The van der Waals surface area contributed by atoms with Crippen molar-refractivity contribution in [3.05, 3.63) is 12.2 Å². The van der Waals surface area contributed by atoms with Crippen molar-refractivity contribution in [3.8, 4) is 0 Å². The van der Waals surface area contributed by atoms with Crippen LogP contribution in [0, 0.1) is 40.4 Å². The predicted octanol–water partition coefficient (Wildman–Crippen LogP) is 3.74. The first-order valence-corrected chi connectivity index (χ1v) is 10.4. The van der Waals surface area contributed by atoms with Gasteiger partial charge in [-0.2, -0.15) is 0 Å². The molecule has 3 nitrogen and oxygen atoms in total. The van der Waals surface area contributed by atoms with Crippen molar-refractivity contribution in [2.75, 3.05) is 13.2 Å². The second kappa shape index (κ2) is 6.98. The van der Waals surface area contributed by atoms with Crippen molar-refractivity contribution in [2.24, 2.45) is 46.2 Å². The fourth-order valence-corrected chi connectivity index (χ4v) is 7.41. The zero-order chi connectivity index (χ0) is 18.4. The second-order valence-electron chi connectivity index (χ2n) is 9.95. The lowest BCUT2D eigenvalue weighted by Gasteiger charge is -2.57. The minimum atomic E-state index is -0.241. The summed E-state index contributed by atoms with van der Waals surface area (Å²) in [5, 5.41) is 20.1. The first-order valence-electron chi connectivity index (χ1n) is 10.4. The van der Waals surface area contributed by atoms with Crippen LogP contribution in [0.4, 0.5) is 0 Å². The third-order valence-corrected chi connectivity index (χ3v) is 8.88. The standard InChI is InChI=1S/C22H39NO2/c1-14(2)18-5-6-19-17(12-23)20(8-10-22(18,19)4)21(3)9-7-16(25)11-15(21)13-24/h15-20,24-25H,1,5-13,23H2,2-4H3. The van der Waals surface area contributed by atoms with Gasteiger partial charge < -0.3 is 15.9 Å². The number of nitrogens with two attached hydrogens (primary N) is 1. The van der Waals surface area contributed by atoms with E-state index in [0.717, 1.165) is 25.8 Å².